The Morgan fingerprint density at radius 2 is 2.00 bits per heavy atom. The first-order valence-corrected chi connectivity index (χ1v) is 7.64. The number of hydrogen-bond acceptors (Lipinski definition) is 4. The second kappa shape index (κ2) is 7.13. The summed E-state index contributed by atoms with van der Waals surface area (Å²) >= 11 is 3.37. The first-order valence-electron chi connectivity index (χ1n) is 6.85. The molecular weight excluding hydrogens is 340 g/mol. The molecule has 0 amide bonds. The molecule has 5 nitrogen and oxygen atoms in total. The molecule has 2 rings (SSSR count). The molecule has 1 N–H and O–H groups in total. The Hall–Kier alpha value is -1.27. The highest BCUT2D eigenvalue weighted by Crippen LogP contribution is 2.39. The van der Waals surface area contributed by atoms with Crippen molar-refractivity contribution < 1.29 is 24.1 Å². The predicted molar refractivity (Wildman–Crippen MR) is 81.3 cm³/mol. The van der Waals surface area contributed by atoms with Crippen molar-refractivity contribution in [2.24, 2.45) is 0 Å². The van der Waals surface area contributed by atoms with Gasteiger partial charge in [0.05, 0.1) is 23.2 Å². The van der Waals surface area contributed by atoms with Crippen LogP contribution >= 0.6 is 15.9 Å². The van der Waals surface area contributed by atoms with Crippen LogP contribution in [-0.2, 0) is 4.74 Å². The fourth-order valence-electron chi connectivity index (χ4n) is 2.55. The number of benzene rings is 1. The van der Waals surface area contributed by atoms with Crippen LogP contribution in [0, 0.1) is 0 Å². The van der Waals surface area contributed by atoms with Crippen LogP contribution in [0.2, 0.25) is 0 Å². The molecule has 1 aromatic rings. The van der Waals surface area contributed by atoms with Crippen LogP contribution in [-0.4, -0.2) is 37.5 Å². The number of carboxylic acid groups (broad SMARTS) is 1. The Morgan fingerprint density at radius 1 is 1.29 bits per heavy atom. The lowest BCUT2D eigenvalue weighted by atomic mass is 9.95. The number of carboxylic acids is 1. The molecule has 0 heterocycles. The van der Waals surface area contributed by atoms with Crippen LogP contribution in [0.25, 0.3) is 0 Å². The smallest absolute Gasteiger partial charge is 0.335 e. The van der Waals surface area contributed by atoms with E-state index in [0.717, 1.165) is 25.7 Å². The summed E-state index contributed by atoms with van der Waals surface area (Å²) in [5, 5.41) is 9.07. The average Bonchev–Trinajstić information content (AvgIpc) is 2.49. The number of rotatable bonds is 5. The SMILES string of the molecule is COc1cc(C(=O)O)cc(Br)c1OC1CCCC(OC)C1. The molecule has 2 unspecified atom stereocenters. The highest BCUT2D eigenvalue weighted by molar-refractivity contribution is 9.10. The second-order valence-corrected chi connectivity index (χ2v) is 5.91. The van der Waals surface area contributed by atoms with Crippen molar-refractivity contribution in [3.05, 3.63) is 22.2 Å². The summed E-state index contributed by atoms with van der Waals surface area (Å²) in [6.45, 7) is 0. The fourth-order valence-corrected chi connectivity index (χ4v) is 3.08. The van der Waals surface area contributed by atoms with E-state index < -0.39 is 5.97 Å². The predicted octanol–water partition coefficient (Wildman–Crippen LogP) is 3.49. The van der Waals surface area contributed by atoms with Gasteiger partial charge in [-0.1, -0.05) is 0 Å². The van der Waals surface area contributed by atoms with E-state index >= 15 is 0 Å². The maximum atomic E-state index is 11.1. The fraction of sp³-hybridized carbons (Fsp3) is 0.533. The molecule has 1 aromatic carbocycles. The third kappa shape index (κ3) is 3.89. The maximum Gasteiger partial charge on any atom is 0.335 e. The molecule has 0 aromatic heterocycles. The first-order chi connectivity index (χ1) is 10.0. The van der Waals surface area contributed by atoms with E-state index in [1.807, 2.05) is 0 Å². The minimum absolute atomic E-state index is 0.0459. The summed E-state index contributed by atoms with van der Waals surface area (Å²) in [5.74, 6) is -0.0387. The maximum absolute atomic E-state index is 11.1. The molecule has 21 heavy (non-hydrogen) atoms. The summed E-state index contributed by atoms with van der Waals surface area (Å²) in [4.78, 5) is 11.1. The minimum Gasteiger partial charge on any atom is -0.493 e. The van der Waals surface area contributed by atoms with Crippen molar-refractivity contribution in [2.75, 3.05) is 14.2 Å². The molecule has 1 aliphatic rings. The van der Waals surface area contributed by atoms with E-state index in [2.05, 4.69) is 15.9 Å². The van der Waals surface area contributed by atoms with E-state index in [9.17, 15) is 4.79 Å². The van der Waals surface area contributed by atoms with E-state index in [1.165, 1.54) is 19.2 Å². The van der Waals surface area contributed by atoms with Gasteiger partial charge in [0.2, 0.25) is 0 Å². The Kier molecular flexibility index (Phi) is 5.47. The number of carbonyl (C=O) groups is 1. The van der Waals surface area contributed by atoms with E-state index in [0.29, 0.717) is 16.0 Å². The Balaban J connectivity index is 2.21. The Bertz CT molecular complexity index is 517. The van der Waals surface area contributed by atoms with E-state index in [1.54, 1.807) is 7.11 Å². The van der Waals surface area contributed by atoms with Crippen LogP contribution in [0.15, 0.2) is 16.6 Å². The molecular formula is C15H19BrO5. The van der Waals surface area contributed by atoms with Crippen LogP contribution in [0.5, 0.6) is 11.5 Å². The second-order valence-electron chi connectivity index (χ2n) is 5.06. The van der Waals surface area contributed by atoms with Crippen molar-refractivity contribution in [1.29, 1.82) is 0 Å². The van der Waals surface area contributed by atoms with Crippen LogP contribution in [0.3, 0.4) is 0 Å². The summed E-state index contributed by atoms with van der Waals surface area (Å²) in [6.07, 6.45) is 4.14. The monoisotopic (exact) mass is 358 g/mol. The van der Waals surface area contributed by atoms with Crippen molar-refractivity contribution in [3.8, 4) is 11.5 Å². The van der Waals surface area contributed by atoms with E-state index in [4.69, 9.17) is 19.3 Å². The number of halogens is 1. The van der Waals surface area contributed by atoms with Gasteiger partial charge in [-0.3, -0.25) is 0 Å². The lowest BCUT2D eigenvalue weighted by molar-refractivity contribution is 0.0199. The zero-order valence-electron chi connectivity index (χ0n) is 12.1. The molecule has 0 saturated heterocycles. The van der Waals surface area contributed by atoms with Gasteiger partial charge in [0.15, 0.2) is 11.5 Å². The molecule has 0 spiro atoms. The van der Waals surface area contributed by atoms with Crippen LogP contribution in [0.4, 0.5) is 0 Å². The molecule has 1 saturated carbocycles. The average molecular weight is 359 g/mol. The lowest BCUT2D eigenvalue weighted by Gasteiger charge is -2.29. The zero-order chi connectivity index (χ0) is 15.4. The summed E-state index contributed by atoms with van der Waals surface area (Å²) in [6, 6.07) is 3.00. The third-order valence-electron chi connectivity index (χ3n) is 3.67. The number of ether oxygens (including phenoxy) is 3. The summed E-state index contributed by atoms with van der Waals surface area (Å²) in [5.41, 5.74) is 0.157. The Labute approximate surface area is 132 Å². The van der Waals surface area contributed by atoms with Gasteiger partial charge in [-0.05, 0) is 47.3 Å². The highest BCUT2D eigenvalue weighted by Gasteiger charge is 2.25. The van der Waals surface area contributed by atoms with Gasteiger partial charge in [0.25, 0.3) is 0 Å². The van der Waals surface area contributed by atoms with Crippen LogP contribution in [0.1, 0.15) is 36.0 Å². The molecule has 1 fully saturated rings. The van der Waals surface area contributed by atoms with Gasteiger partial charge >= 0.3 is 5.97 Å². The van der Waals surface area contributed by atoms with Gasteiger partial charge in [-0.2, -0.15) is 0 Å². The quantitative estimate of drug-likeness (QED) is 0.872. The van der Waals surface area contributed by atoms with Gasteiger partial charge in [0.1, 0.15) is 6.10 Å². The molecule has 0 radical (unpaired) electrons. The number of hydrogen-bond donors (Lipinski definition) is 1. The number of methoxy groups -OCH3 is 2. The van der Waals surface area contributed by atoms with Gasteiger partial charge < -0.3 is 19.3 Å². The van der Waals surface area contributed by atoms with E-state index in [-0.39, 0.29) is 17.8 Å². The summed E-state index contributed by atoms with van der Waals surface area (Å²) < 4.78 is 17.3. The standard InChI is InChI=1S/C15H19BrO5/c1-19-10-4-3-5-11(8-10)21-14-12(16)6-9(15(17)18)7-13(14)20-2/h6-7,10-11H,3-5,8H2,1-2H3,(H,17,18). The zero-order valence-corrected chi connectivity index (χ0v) is 13.7. The van der Waals surface area contributed by atoms with Gasteiger partial charge in [-0.15, -0.1) is 0 Å². The van der Waals surface area contributed by atoms with Crippen molar-refractivity contribution in [2.45, 2.75) is 37.9 Å². The van der Waals surface area contributed by atoms with Gasteiger partial charge in [0, 0.05) is 13.5 Å². The lowest BCUT2D eigenvalue weighted by Crippen LogP contribution is -2.29. The normalized spacial score (nSPS) is 21.9. The molecule has 116 valence electrons. The molecule has 0 bridgehead atoms. The highest BCUT2D eigenvalue weighted by atomic mass is 79.9. The minimum atomic E-state index is -1.00. The van der Waals surface area contributed by atoms with Gasteiger partial charge in [-0.25, -0.2) is 4.79 Å². The topological polar surface area (TPSA) is 65.0 Å². The number of aromatic carboxylic acids is 1. The first kappa shape index (κ1) is 16.1. The molecule has 0 aliphatic heterocycles. The van der Waals surface area contributed by atoms with Crippen molar-refractivity contribution in [3.63, 3.8) is 0 Å². The van der Waals surface area contributed by atoms with Crippen LogP contribution < -0.4 is 9.47 Å². The summed E-state index contributed by atoms with van der Waals surface area (Å²) in [7, 11) is 3.21. The molecule has 1 aliphatic carbocycles. The molecule has 2 atom stereocenters. The largest absolute Gasteiger partial charge is 0.493 e. The Morgan fingerprint density at radius 3 is 2.62 bits per heavy atom. The third-order valence-corrected chi connectivity index (χ3v) is 4.26. The van der Waals surface area contributed by atoms with Crippen molar-refractivity contribution >= 4 is 21.9 Å². The molecule has 6 heteroatoms. The van der Waals surface area contributed by atoms with Crippen molar-refractivity contribution in [1.82, 2.24) is 0 Å².